The third-order valence-electron chi connectivity index (χ3n) is 2.70. The number of hydrogen-bond acceptors (Lipinski definition) is 3. The number of hydrogen-bond donors (Lipinski definition) is 2. The lowest BCUT2D eigenvalue weighted by molar-refractivity contribution is -0.123. The summed E-state index contributed by atoms with van der Waals surface area (Å²) in [7, 11) is 0. The van der Waals surface area contributed by atoms with Crippen LogP contribution in [-0.2, 0) is 4.79 Å². The van der Waals surface area contributed by atoms with Gasteiger partial charge in [-0.25, -0.2) is 0 Å². The van der Waals surface area contributed by atoms with E-state index in [0.29, 0.717) is 0 Å². The van der Waals surface area contributed by atoms with Gasteiger partial charge in [-0.15, -0.1) is 0 Å². The van der Waals surface area contributed by atoms with Gasteiger partial charge in [-0.1, -0.05) is 6.42 Å². The van der Waals surface area contributed by atoms with Crippen molar-refractivity contribution in [3.63, 3.8) is 0 Å². The summed E-state index contributed by atoms with van der Waals surface area (Å²) in [5.41, 5.74) is 0. The van der Waals surface area contributed by atoms with Crippen LogP contribution in [0.1, 0.15) is 32.1 Å². The SMILES string of the molecule is CSCCCCNC(=O)[C@@H]1CCCCN1. The third kappa shape index (κ3) is 5.42. The smallest absolute Gasteiger partial charge is 0.237 e. The van der Waals surface area contributed by atoms with Crippen LogP contribution < -0.4 is 10.6 Å². The number of unbranched alkanes of at least 4 members (excludes halogenated alkanes) is 1. The number of amides is 1. The van der Waals surface area contributed by atoms with Gasteiger partial charge in [0.25, 0.3) is 0 Å². The topological polar surface area (TPSA) is 41.1 Å². The molecular weight excluding hydrogens is 208 g/mol. The van der Waals surface area contributed by atoms with Crippen LogP contribution in [0, 0.1) is 0 Å². The summed E-state index contributed by atoms with van der Waals surface area (Å²) in [6, 6.07) is 0.0688. The van der Waals surface area contributed by atoms with Crippen molar-refractivity contribution >= 4 is 17.7 Å². The maximum absolute atomic E-state index is 11.7. The van der Waals surface area contributed by atoms with Gasteiger partial charge in [-0.05, 0) is 44.2 Å². The van der Waals surface area contributed by atoms with Gasteiger partial charge < -0.3 is 10.6 Å². The highest BCUT2D eigenvalue weighted by molar-refractivity contribution is 7.98. The monoisotopic (exact) mass is 230 g/mol. The van der Waals surface area contributed by atoms with Crippen molar-refractivity contribution in [3.8, 4) is 0 Å². The van der Waals surface area contributed by atoms with Crippen molar-refractivity contribution < 1.29 is 4.79 Å². The molecule has 3 nitrogen and oxygen atoms in total. The fraction of sp³-hybridized carbons (Fsp3) is 0.909. The fourth-order valence-electron chi connectivity index (χ4n) is 1.78. The predicted molar refractivity (Wildman–Crippen MR) is 66.3 cm³/mol. The van der Waals surface area contributed by atoms with Gasteiger partial charge in [-0.2, -0.15) is 11.8 Å². The molecule has 88 valence electrons. The van der Waals surface area contributed by atoms with Gasteiger partial charge in [-0.3, -0.25) is 4.79 Å². The van der Waals surface area contributed by atoms with Gasteiger partial charge in [0, 0.05) is 6.54 Å². The van der Waals surface area contributed by atoms with E-state index in [2.05, 4.69) is 16.9 Å². The Morgan fingerprint density at radius 2 is 2.33 bits per heavy atom. The van der Waals surface area contributed by atoms with Gasteiger partial charge >= 0.3 is 0 Å². The molecule has 0 unspecified atom stereocenters. The summed E-state index contributed by atoms with van der Waals surface area (Å²) in [6.07, 6.45) is 7.79. The van der Waals surface area contributed by atoms with Crippen LogP contribution in [0.5, 0.6) is 0 Å². The van der Waals surface area contributed by atoms with Gasteiger partial charge in [0.2, 0.25) is 5.91 Å². The van der Waals surface area contributed by atoms with Crippen LogP contribution in [0.25, 0.3) is 0 Å². The molecule has 0 aromatic heterocycles. The molecule has 1 atom stereocenters. The minimum atomic E-state index is 0.0688. The van der Waals surface area contributed by atoms with E-state index in [-0.39, 0.29) is 11.9 Å². The van der Waals surface area contributed by atoms with Crippen molar-refractivity contribution in [2.24, 2.45) is 0 Å². The van der Waals surface area contributed by atoms with Crippen LogP contribution in [0.2, 0.25) is 0 Å². The van der Waals surface area contributed by atoms with E-state index in [1.165, 1.54) is 25.0 Å². The highest BCUT2D eigenvalue weighted by Gasteiger charge is 2.19. The Labute approximate surface area is 96.8 Å². The largest absolute Gasteiger partial charge is 0.355 e. The Morgan fingerprint density at radius 3 is 3.00 bits per heavy atom. The fourth-order valence-corrected chi connectivity index (χ4v) is 2.27. The van der Waals surface area contributed by atoms with E-state index in [1.54, 1.807) is 0 Å². The molecule has 0 bridgehead atoms. The Balaban J connectivity index is 2.02. The summed E-state index contributed by atoms with van der Waals surface area (Å²) in [5, 5.41) is 6.26. The molecule has 2 N–H and O–H groups in total. The average Bonchev–Trinajstić information content (AvgIpc) is 2.30. The lowest BCUT2D eigenvalue weighted by atomic mass is 10.0. The second-order valence-electron chi connectivity index (χ2n) is 3.99. The molecule has 0 saturated carbocycles. The first kappa shape index (κ1) is 12.8. The first-order valence-corrected chi connectivity index (χ1v) is 7.24. The molecule has 1 rings (SSSR count). The predicted octanol–water partition coefficient (Wildman–Crippen LogP) is 1.39. The van der Waals surface area contributed by atoms with Crippen LogP contribution >= 0.6 is 11.8 Å². The van der Waals surface area contributed by atoms with Gasteiger partial charge in [0.05, 0.1) is 6.04 Å². The van der Waals surface area contributed by atoms with Crippen LogP contribution in [-0.4, -0.2) is 37.0 Å². The van der Waals surface area contributed by atoms with E-state index < -0.39 is 0 Å². The highest BCUT2D eigenvalue weighted by atomic mass is 32.2. The Kier molecular flexibility index (Phi) is 6.85. The number of nitrogens with one attached hydrogen (secondary N) is 2. The molecule has 1 fully saturated rings. The second kappa shape index (κ2) is 7.99. The summed E-state index contributed by atoms with van der Waals surface area (Å²) >= 11 is 1.86. The van der Waals surface area contributed by atoms with E-state index in [9.17, 15) is 4.79 Å². The minimum Gasteiger partial charge on any atom is -0.355 e. The number of thioether (sulfide) groups is 1. The lowest BCUT2D eigenvalue weighted by Gasteiger charge is -2.22. The summed E-state index contributed by atoms with van der Waals surface area (Å²) in [6.45, 7) is 1.82. The maximum atomic E-state index is 11.7. The maximum Gasteiger partial charge on any atom is 0.237 e. The zero-order valence-corrected chi connectivity index (χ0v) is 10.4. The summed E-state index contributed by atoms with van der Waals surface area (Å²) in [4.78, 5) is 11.7. The van der Waals surface area contributed by atoms with Crippen LogP contribution in [0.4, 0.5) is 0 Å². The van der Waals surface area contributed by atoms with E-state index in [4.69, 9.17) is 0 Å². The molecule has 1 amide bonds. The number of piperidine rings is 1. The molecule has 0 radical (unpaired) electrons. The zero-order valence-electron chi connectivity index (χ0n) is 9.55. The van der Waals surface area contributed by atoms with Crippen molar-refractivity contribution in [2.45, 2.75) is 38.1 Å². The second-order valence-corrected chi connectivity index (χ2v) is 4.98. The van der Waals surface area contributed by atoms with Gasteiger partial charge in [0.15, 0.2) is 0 Å². The number of rotatable bonds is 6. The molecule has 0 spiro atoms. The van der Waals surface area contributed by atoms with E-state index in [1.807, 2.05) is 11.8 Å². The van der Waals surface area contributed by atoms with E-state index >= 15 is 0 Å². The van der Waals surface area contributed by atoms with Gasteiger partial charge in [0.1, 0.15) is 0 Å². The standard InChI is InChI=1S/C11H22N2OS/c1-15-9-5-4-8-13-11(14)10-6-2-3-7-12-10/h10,12H,2-9H2,1H3,(H,13,14)/t10-/m0/s1. The molecule has 15 heavy (non-hydrogen) atoms. The number of carbonyl (C=O) groups excluding carboxylic acids is 1. The average molecular weight is 230 g/mol. The molecule has 4 heteroatoms. The molecule has 1 heterocycles. The molecule has 1 aliphatic rings. The van der Waals surface area contributed by atoms with Crippen molar-refractivity contribution in [3.05, 3.63) is 0 Å². The Morgan fingerprint density at radius 1 is 1.47 bits per heavy atom. The van der Waals surface area contributed by atoms with E-state index in [0.717, 1.165) is 25.9 Å². The van der Waals surface area contributed by atoms with Crippen molar-refractivity contribution in [1.29, 1.82) is 0 Å². The zero-order chi connectivity index (χ0) is 10.9. The van der Waals surface area contributed by atoms with Crippen molar-refractivity contribution in [1.82, 2.24) is 10.6 Å². The molecule has 0 aliphatic carbocycles. The lowest BCUT2D eigenvalue weighted by Crippen LogP contribution is -2.46. The minimum absolute atomic E-state index is 0.0688. The summed E-state index contributed by atoms with van der Waals surface area (Å²) in [5.74, 6) is 1.39. The first-order chi connectivity index (χ1) is 7.34. The molecular formula is C11H22N2OS. The third-order valence-corrected chi connectivity index (χ3v) is 3.40. The molecule has 0 aromatic carbocycles. The van der Waals surface area contributed by atoms with Crippen LogP contribution in [0.15, 0.2) is 0 Å². The molecule has 1 aliphatic heterocycles. The molecule has 1 saturated heterocycles. The quantitative estimate of drug-likeness (QED) is 0.678. The summed E-state index contributed by atoms with van der Waals surface area (Å²) < 4.78 is 0. The number of carbonyl (C=O) groups is 1. The highest BCUT2D eigenvalue weighted by Crippen LogP contribution is 2.06. The van der Waals surface area contributed by atoms with Crippen molar-refractivity contribution in [2.75, 3.05) is 25.1 Å². The Bertz CT molecular complexity index is 181. The Hall–Kier alpha value is -0.220. The van der Waals surface area contributed by atoms with Crippen LogP contribution in [0.3, 0.4) is 0 Å². The normalized spacial score (nSPS) is 21.3. The first-order valence-electron chi connectivity index (χ1n) is 5.84. The molecule has 0 aromatic rings.